The molecule has 6 nitrogen and oxygen atoms in total. The number of thioether (sulfide) groups is 1. The number of amides is 1. The van der Waals surface area contributed by atoms with Crippen LogP contribution in [0.4, 0.5) is 0 Å². The normalized spacial score (nSPS) is 10.8. The van der Waals surface area contributed by atoms with Gasteiger partial charge in [0, 0.05) is 6.20 Å². The van der Waals surface area contributed by atoms with Crippen LogP contribution in [0.1, 0.15) is 11.3 Å². The van der Waals surface area contributed by atoms with Crippen molar-refractivity contribution in [1.82, 2.24) is 25.1 Å². The standard InChI is InChI=1S/C21H19N5OS2/c27-19(23-13-17-9-4-5-11-22-17)15-29-21-25-24-20(18-10-6-12-28-18)26(21)14-16-7-2-1-3-8-16/h1-12H,13-15H2,(H,23,27). The molecule has 4 rings (SSSR count). The molecule has 0 aliphatic carbocycles. The van der Waals surface area contributed by atoms with E-state index in [4.69, 9.17) is 0 Å². The molecule has 0 radical (unpaired) electrons. The quantitative estimate of drug-likeness (QED) is 0.438. The van der Waals surface area contributed by atoms with Crippen LogP contribution in [0.25, 0.3) is 10.7 Å². The van der Waals surface area contributed by atoms with Crippen LogP contribution in [0.3, 0.4) is 0 Å². The lowest BCUT2D eigenvalue weighted by molar-refractivity contribution is -0.118. The van der Waals surface area contributed by atoms with Crippen LogP contribution in [0.15, 0.2) is 77.4 Å². The van der Waals surface area contributed by atoms with E-state index in [1.807, 2.05) is 53.9 Å². The maximum absolute atomic E-state index is 12.3. The van der Waals surface area contributed by atoms with Gasteiger partial charge in [-0.3, -0.25) is 14.3 Å². The summed E-state index contributed by atoms with van der Waals surface area (Å²) in [4.78, 5) is 17.6. The zero-order valence-electron chi connectivity index (χ0n) is 15.6. The molecular weight excluding hydrogens is 402 g/mol. The molecule has 0 bridgehead atoms. The van der Waals surface area contributed by atoms with E-state index in [0.717, 1.165) is 27.1 Å². The number of aromatic nitrogens is 4. The van der Waals surface area contributed by atoms with Gasteiger partial charge in [0.2, 0.25) is 5.91 Å². The van der Waals surface area contributed by atoms with Gasteiger partial charge in [-0.15, -0.1) is 21.5 Å². The smallest absolute Gasteiger partial charge is 0.230 e. The molecule has 0 atom stereocenters. The van der Waals surface area contributed by atoms with Gasteiger partial charge in [-0.25, -0.2) is 0 Å². The van der Waals surface area contributed by atoms with Gasteiger partial charge in [0.15, 0.2) is 11.0 Å². The highest BCUT2D eigenvalue weighted by atomic mass is 32.2. The second kappa shape index (κ2) is 9.49. The van der Waals surface area contributed by atoms with E-state index in [-0.39, 0.29) is 11.7 Å². The van der Waals surface area contributed by atoms with Crippen molar-refractivity contribution in [1.29, 1.82) is 0 Å². The SMILES string of the molecule is O=C(CSc1nnc(-c2cccs2)n1Cc1ccccc1)NCc1ccccn1. The van der Waals surface area contributed by atoms with Gasteiger partial charge in [0.05, 0.1) is 29.4 Å². The highest BCUT2D eigenvalue weighted by Crippen LogP contribution is 2.28. The number of hydrogen-bond donors (Lipinski definition) is 1. The molecule has 3 heterocycles. The highest BCUT2D eigenvalue weighted by molar-refractivity contribution is 7.99. The van der Waals surface area contributed by atoms with Crippen molar-refractivity contribution in [3.05, 3.63) is 83.5 Å². The molecule has 146 valence electrons. The molecule has 1 aromatic carbocycles. The maximum Gasteiger partial charge on any atom is 0.230 e. The van der Waals surface area contributed by atoms with E-state index in [1.165, 1.54) is 11.8 Å². The van der Waals surface area contributed by atoms with Crippen molar-refractivity contribution in [2.24, 2.45) is 0 Å². The summed E-state index contributed by atoms with van der Waals surface area (Å²) in [7, 11) is 0. The van der Waals surface area contributed by atoms with Crippen molar-refractivity contribution >= 4 is 29.0 Å². The van der Waals surface area contributed by atoms with Crippen molar-refractivity contribution in [2.75, 3.05) is 5.75 Å². The third-order valence-electron chi connectivity index (χ3n) is 4.17. The van der Waals surface area contributed by atoms with Crippen molar-refractivity contribution in [2.45, 2.75) is 18.2 Å². The third-order valence-corrected chi connectivity index (χ3v) is 6.00. The molecule has 1 N–H and O–H groups in total. The van der Waals surface area contributed by atoms with Gasteiger partial charge in [-0.1, -0.05) is 54.2 Å². The van der Waals surface area contributed by atoms with E-state index in [2.05, 4.69) is 37.2 Å². The summed E-state index contributed by atoms with van der Waals surface area (Å²) in [5.41, 5.74) is 1.99. The van der Waals surface area contributed by atoms with E-state index >= 15 is 0 Å². The van der Waals surface area contributed by atoms with Gasteiger partial charge >= 0.3 is 0 Å². The maximum atomic E-state index is 12.3. The molecule has 1 amide bonds. The third kappa shape index (κ3) is 5.10. The Bertz CT molecular complexity index is 1050. The van der Waals surface area contributed by atoms with Gasteiger partial charge in [0.25, 0.3) is 0 Å². The van der Waals surface area contributed by atoms with Gasteiger partial charge in [-0.2, -0.15) is 0 Å². The fourth-order valence-electron chi connectivity index (χ4n) is 2.77. The summed E-state index contributed by atoms with van der Waals surface area (Å²) in [5.74, 6) is 1.03. The Morgan fingerprint density at radius 3 is 2.66 bits per heavy atom. The van der Waals surface area contributed by atoms with Gasteiger partial charge in [-0.05, 0) is 29.1 Å². The second-order valence-corrected chi connectivity index (χ2v) is 8.13. The average Bonchev–Trinajstić information content (AvgIpc) is 3.42. The highest BCUT2D eigenvalue weighted by Gasteiger charge is 2.16. The minimum absolute atomic E-state index is 0.0624. The van der Waals surface area contributed by atoms with Crippen molar-refractivity contribution in [3.63, 3.8) is 0 Å². The van der Waals surface area contributed by atoms with Crippen LogP contribution in [-0.4, -0.2) is 31.4 Å². The Hall–Kier alpha value is -2.97. The zero-order valence-corrected chi connectivity index (χ0v) is 17.2. The Labute approximate surface area is 177 Å². The minimum Gasteiger partial charge on any atom is -0.350 e. The molecule has 29 heavy (non-hydrogen) atoms. The number of rotatable bonds is 8. The first kappa shape index (κ1) is 19.4. The summed E-state index contributed by atoms with van der Waals surface area (Å²) in [6.07, 6.45) is 1.72. The molecule has 3 aromatic heterocycles. The molecule has 0 saturated carbocycles. The lowest BCUT2D eigenvalue weighted by Crippen LogP contribution is -2.25. The summed E-state index contributed by atoms with van der Waals surface area (Å²) in [5, 5.41) is 14.4. The lowest BCUT2D eigenvalue weighted by Gasteiger charge is -2.10. The minimum atomic E-state index is -0.0624. The van der Waals surface area contributed by atoms with Crippen molar-refractivity contribution in [3.8, 4) is 10.7 Å². The first-order valence-electron chi connectivity index (χ1n) is 9.10. The Morgan fingerprint density at radius 1 is 1.03 bits per heavy atom. The first-order valence-corrected chi connectivity index (χ1v) is 11.0. The number of carbonyl (C=O) groups excluding carboxylic acids is 1. The largest absolute Gasteiger partial charge is 0.350 e. The van der Waals surface area contributed by atoms with Crippen LogP contribution in [-0.2, 0) is 17.9 Å². The van der Waals surface area contributed by atoms with E-state index in [0.29, 0.717) is 13.1 Å². The number of carbonyl (C=O) groups is 1. The van der Waals surface area contributed by atoms with Crippen molar-refractivity contribution < 1.29 is 4.79 Å². The number of nitrogens with one attached hydrogen (secondary N) is 1. The molecule has 4 aromatic rings. The number of hydrogen-bond acceptors (Lipinski definition) is 6. The average molecular weight is 422 g/mol. The molecule has 0 aliphatic rings. The monoisotopic (exact) mass is 421 g/mol. The molecule has 0 saturated heterocycles. The Kier molecular flexibility index (Phi) is 6.33. The molecular formula is C21H19N5OS2. The van der Waals surface area contributed by atoms with E-state index < -0.39 is 0 Å². The number of nitrogens with zero attached hydrogens (tertiary/aromatic N) is 4. The molecule has 0 unspecified atom stereocenters. The van der Waals surface area contributed by atoms with Crippen LogP contribution in [0.5, 0.6) is 0 Å². The molecule has 0 fully saturated rings. The zero-order chi connectivity index (χ0) is 19.9. The van der Waals surface area contributed by atoms with Crippen LogP contribution < -0.4 is 5.32 Å². The number of pyridine rings is 1. The lowest BCUT2D eigenvalue weighted by atomic mass is 10.2. The number of thiophene rings is 1. The fourth-order valence-corrected chi connectivity index (χ4v) is 4.25. The summed E-state index contributed by atoms with van der Waals surface area (Å²) >= 11 is 3.01. The Morgan fingerprint density at radius 2 is 1.90 bits per heavy atom. The Balaban J connectivity index is 1.46. The van der Waals surface area contributed by atoms with Gasteiger partial charge in [0.1, 0.15) is 0 Å². The van der Waals surface area contributed by atoms with E-state index in [1.54, 1.807) is 17.5 Å². The molecule has 0 spiro atoms. The topological polar surface area (TPSA) is 72.7 Å². The van der Waals surface area contributed by atoms with Crippen LogP contribution in [0.2, 0.25) is 0 Å². The summed E-state index contributed by atoms with van der Waals surface area (Å²) in [6, 6.07) is 19.9. The predicted octanol–water partition coefficient (Wildman–Crippen LogP) is 3.86. The molecule has 0 aliphatic heterocycles. The molecule has 8 heteroatoms. The van der Waals surface area contributed by atoms with Crippen LogP contribution in [0, 0.1) is 0 Å². The summed E-state index contributed by atoms with van der Waals surface area (Å²) in [6.45, 7) is 1.07. The second-order valence-electron chi connectivity index (χ2n) is 6.24. The predicted molar refractivity (Wildman–Crippen MR) is 116 cm³/mol. The number of benzene rings is 1. The van der Waals surface area contributed by atoms with Gasteiger partial charge < -0.3 is 5.32 Å². The van der Waals surface area contributed by atoms with Crippen LogP contribution >= 0.6 is 23.1 Å². The van der Waals surface area contributed by atoms with E-state index in [9.17, 15) is 4.79 Å². The summed E-state index contributed by atoms with van der Waals surface area (Å²) < 4.78 is 2.07. The fraction of sp³-hybridized carbons (Fsp3) is 0.143. The first-order chi connectivity index (χ1) is 14.3.